The summed E-state index contributed by atoms with van der Waals surface area (Å²) in [6.45, 7) is 2.05. The van der Waals surface area contributed by atoms with E-state index in [2.05, 4.69) is 30.3 Å². The lowest BCUT2D eigenvalue weighted by Crippen LogP contribution is -2.32. The molecule has 5 aromatic rings. The van der Waals surface area contributed by atoms with Crippen molar-refractivity contribution in [3.05, 3.63) is 90.5 Å². The number of hydrogen-bond donors (Lipinski definition) is 2. The lowest BCUT2D eigenvalue weighted by molar-refractivity contribution is 0.426. The zero-order valence-electron chi connectivity index (χ0n) is 15.6. The quantitative estimate of drug-likeness (QED) is 0.350. The maximum atomic E-state index is 10.4. The molecule has 0 saturated carbocycles. The molecule has 5 rings (SSSR count). The molecule has 0 radical (unpaired) electrons. The third-order valence-corrected chi connectivity index (χ3v) is 5.64. The largest absolute Gasteiger partial charge is 0.489 e. The average Bonchev–Trinajstić information content (AvgIpc) is 2.73. The average molecular weight is 362 g/mol. The fraction of sp³-hybridized carbons (Fsp3) is 0.0400. The molecule has 0 fully saturated rings. The van der Waals surface area contributed by atoms with Crippen molar-refractivity contribution >= 4 is 44.9 Å². The molecule has 0 heterocycles. The van der Waals surface area contributed by atoms with Crippen LogP contribution in [0.2, 0.25) is 0 Å². The summed E-state index contributed by atoms with van der Waals surface area (Å²) in [5.41, 5.74) is 3.55. The van der Waals surface area contributed by atoms with Gasteiger partial charge < -0.3 is 10.0 Å². The summed E-state index contributed by atoms with van der Waals surface area (Å²) < 4.78 is 0. The van der Waals surface area contributed by atoms with Crippen molar-refractivity contribution < 1.29 is 10.0 Å². The van der Waals surface area contributed by atoms with Crippen LogP contribution in [0.5, 0.6) is 0 Å². The molecule has 5 aromatic carbocycles. The Morgan fingerprint density at radius 2 is 1.04 bits per heavy atom. The minimum Gasteiger partial charge on any atom is -0.423 e. The molecule has 28 heavy (non-hydrogen) atoms. The Hall–Kier alpha value is -3.14. The van der Waals surface area contributed by atoms with Crippen molar-refractivity contribution in [1.29, 1.82) is 0 Å². The van der Waals surface area contributed by atoms with E-state index in [4.69, 9.17) is 0 Å². The number of aryl methyl sites for hydroxylation is 1. The highest BCUT2D eigenvalue weighted by Gasteiger charge is 2.23. The predicted molar refractivity (Wildman–Crippen MR) is 119 cm³/mol. The molecule has 0 bridgehead atoms. The van der Waals surface area contributed by atoms with E-state index in [0.29, 0.717) is 5.46 Å². The Kier molecular flexibility index (Phi) is 3.94. The molecule has 0 spiro atoms. The molecule has 0 atom stereocenters. The van der Waals surface area contributed by atoms with Crippen LogP contribution < -0.4 is 5.46 Å². The Labute approximate surface area is 163 Å². The van der Waals surface area contributed by atoms with E-state index in [-0.39, 0.29) is 0 Å². The first-order valence-electron chi connectivity index (χ1n) is 9.45. The first kappa shape index (κ1) is 17.0. The van der Waals surface area contributed by atoms with Gasteiger partial charge in [-0.15, -0.1) is 0 Å². The van der Waals surface area contributed by atoms with Crippen molar-refractivity contribution in [2.75, 3.05) is 0 Å². The van der Waals surface area contributed by atoms with Gasteiger partial charge in [0.2, 0.25) is 0 Å². The molecule has 2 N–H and O–H groups in total. The van der Waals surface area contributed by atoms with Crippen LogP contribution >= 0.6 is 0 Å². The van der Waals surface area contributed by atoms with Gasteiger partial charge >= 0.3 is 7.12 Å². The maximum Gasteiger partial charge on any atom is 0.489 e. The van der Waals surface area contributed by atoms with Crippen molar-refractivity contribution in [3.8, 4) is 11.1 Å². The second kappa shape index (κ2) is 6.48. The molecular formula is C25H19BO2. The van der Waals surface area contributed by atoms with Gasteiger partial charge in [0.15, 0.2) is 0 Å². The third-order valence-electron chi connectivity index (χ3n) is 5.64. The summed E-state index contributed by atoms with van der Waals surface area (Å²) in [4.78, 5) is 0. The number of fused-ring (bicyclic) bond motifs is 6. The lowest BCUT2D eigenvalue weighted by atomic mass is 9.70. The number of hydrogen-bond acceptors (Lipinski definition) is 2. The van der Waals surface area contributed by atoms with Crippen molar-refractivity contribution in [1.82, 2.24) is 0 Å². The number of rotatable bonds is 2. The van der Waals surface area contributed by atoms with Gasteiger partial charge in [-0.2, -0.15) is 0 Å². The van der Waals surface area contributed by atoms with E-state index in [0.717, 1.165) is 43.6 Å². The van der Waals surface area contributed by atoms with Gasteiger partial charge in [-0.05, 0) is 61.4 Å². The van der Waals surface area contributed by atoms with Gasteiger partial charge in [0, 0.05) is 0 Å². The Morgan fingerprint density at radius 3 is 1.64 bits per heavy atom. The second-order valence-corrected chi connectivity index (χ2v) is 7.23. The lowest BCUT2D eigenvalue weighted by Gasteiger charge is -2.18. The number of benzene rings is 5. The van der Waals surface area contributed by atoms with Crippen molar-refractivity contribution in [2.24, 2.45) is 0 Å². The molecule has 134 valence electrons. The molecule has 0 saturated heterocycles. The molecule has 0 aliphatic rings. The first-order valence-corrected chi connectivity index (χ1v) is 9.45. The summed E-state index contributed by atoms with van der Waals surface area (Å²) in [7, 11) is -1.57. The molecule has 2 nitrogen and oxygen atoms in total. The zero-order valence-corrected chi connectivity index (χ0v) is 15.6. The van der Waals surface area contributed by atoms with Crippen LogP contribution in [0, 0.1) is 6.92 Å². The minimum absolute atomic E-state index is 0.564. The molecule has 0 unspecified atom stereocenters. The van der Waals surface area contributed by atoms with Crippen LogP contribution in [0.25, 0.3) is 43.4 Å². The summed E-state index contributed by atoms with van der Waals surface area (Å²) in [6, 6.07) is 28.7. The van der Waals surface area contributed by atoms with E-state index in [1.165, 1.54) is 5.39 Å². The molecule has 0 amide bonds. The zero-order chi connectivity index (χ0) is 19.3. The smallest absolute Gasteiger partial charge is 0.423 e. The highest BCUT2D eigenvalue weighted by atomic mass is 16.4. The fourth-order valence-electron chi connectivity index (χ4n) is 4.40. The molecule has 0 aliphatic carbocycles. The third kappa shape index (κ3) is 2.44. The summed E-state index contributed by atoms with van der Waals surface area (Å²) in [5, 5.41) is 27.3. The standard InChI is InChI=1S/C25H19BO2/c1-16-8-2-3-9-17(16)23-15-14-22-20-12-5-4-10-18(20)19-11-6-7-13-21(19)24(22)25(23)26(27)28/h2-15,27-28H,1H3. The van der Waals surface area contributed by atoms with Crippen molar-refractivity contribution in [3.63, 3.8) is 0 Å². The van der Waals surface area contributed by atoms with E-state index < -0.39 is 7.12 Å². The van der Waals surface area contributed by atoms with Crippen LogP contribution in [-0.2, 0) is 0 Å². The SMILES string of the molecule is Cc1ccccc1-c1ccc2c3ccccc3c3ccccc3c2c1B(O)O. The summed E-state index contributed by atoms with van der Waals surface area (Å²) in [6.07, 6.45) is 0. The van der Waals surface area contributed by atoms with Crippen molar-refractivity contribution in [2.45, 2.75) is 6.92 Å². The Balaban J connectivity index is 2.06. The first-order chi connectivity index (χ1) is 13.7. The predicted octanol–water partition coefficient (Wildman–Crippen LogP) is 4.80. The van der Waals surface area contributed by atoms with E-state index >= 15 is 0 Å². The summed E-state index contributed by atoms with van der Waals surface area (Å²) in [5.74, 6) is 0. The van der Waals surface area contributed by atoms with Gasteiger partial charge in [-0.3, -0.25) is 0 Å². The van der Waals surface area contributed by atoms with Crippen LogP contribution in [0.15, 0.2) is 84.9 Å². The van der Waals surface area contributed by atoms with Crippen LogP contribution in [-0.4, -0.2) is 17.2 Å². The molecule has 0 aliphatic heterocycles. The van der Waals surface area contributed by atoms with Gasteiger partial charge in [-0.1, -0.05) is 84.9 Å². The normalized spacial score (nSPS) is 11.4. The van der Waals surface area contributed by atoms with Crippen LogP contribution in [0.1, 0.15) is 5.56 Å². The summed E-state index contributed by atoms with van der Waals surface area (Å²) >= 11 is 0. The Morgan fingerprint density at radius 1 is 0.536 bits per heavy atom. The van der Waals surface area contributed by atoms with E-state index in [1.54, 1.807) is 0 Å². The van der Waals surface area contributed by atoms with Gasteiger partial charge in [-0.25, -0.2) is 0 Å². The topological polar surface area (TPSA) is 40.5 Å². The van der Waals surface area contributed by atoms with Gasteiger partial charge in [0.1, 0.15) is 0 Å². The minimum atomic E-state index is -1.57. The molecular weight excluding hydrogens is 343 g/mol. The fourth-order valence-corrected chi connectivity index (χ4v) is 4.40. The highest BCUT2D eigenvalue weighted by Crippen LogP contribution is 2.36. The van der Waals surface area contributed by atoms with E-state index in [9.17, 15) is 10.0 Å². The Bertz CT molecular complexity index is 1320. The second-order valence-electron chi connectivity index (χ2n) is 7.23. The highest BCUT2D eigenvalue weighted by molar-refractivity contribution is 6.65. The van der Waals surface area contributed by atoms with Crippen LogP contribution in [0.4, 0.5) is 0 Å². The van der Waals surface area contributed by atoms with Gasteiger partial charge in [0.25, 0.3) is 0 Å². The monoisotopic (exact) mass is 362 g/mol. The van der Waals surface area contributed by atoms with Crippen LogP contribution in [0.3, 0.4) is 0 Å². The van der Waals surface area contributed by atoms with Gasteiger partial charge in [0.05, 0.1) is 0 Å². The molecule has 3 heteroatoms. The van der Waals surface area contributed by atoms with E-state index in [1.807, 2.05) is 61.5 Å². The molecule has 0 aromatic heterocycles. The maximum absolute atomic E-state index is 10.4.